The minimum atomic E-state index is 0.265. The van der Waals surface area contributed by atoms with Gasteiger partial charge in [-0.3, -0.25) is 0 Å². The highest BCUT2D eigenvalue weighted by atomic mass is 16.3. The van der Waals surface area contributed by atoms with Gasteiger partial charge in [-0.2, -0.15) is 0 Å². The Morgan fingerprint density at radius 2 is 1.86 bits per heavy atom. The maximum absolute atomic E-state index is 9.03. The zero-order chi connectivity index (χ0) is 10.8. The fraction of sp³-hybridized carbons (Fsp3) is 1.00. The number of unbranched alkanes of at least 4 members (excludes halogenated alkanes) is 1. The Labute approximate surface area is 89.1 Å². The molecule has 0 radical (unpaired) electrons. The lowest BCUT2D eigenvalue weighted by Crippen LogP contribution is -2.35. The maximum atomic E-state index is 9.03. The Bertz CT molecular complexity index is 113. The first-order valence-corrected chi connectivity index (χ1v) is 6.12. The molecule has 0 aromatic heterocycles. The fourth-order valence-corrected chi connectivity index (χ4v) is 1.61. The molecule has 0 aliphatic rings. The Hall–Kier alpha value is -0.0800. The number of hydrogen-bond donors (Lipinski definition) is 2. The summed E-state index contributed by atoms with van der Waals surface area (Å²) in [5.41, 5.74) is 0. The molecule has 0 aromatic rings. The average molecular weight is 201 g/mol. The summed E-state index contributed by atoms with van der Waals surface area (Å²) in [5.74, 6) is 0.788. The van der Waals surface area contributed by atoms with Gasteiger partial charge in [0.25, 0.3) is 0 Å². The summed E-state index contributed by atoms with van der Waals surface area (Å²) in [6, 6.07) is 0.297. The minimum absolute atomic E-state index is 0.265. The number of hydrogen-bond acceptors (Lipinski definition) is 2. The van der Waals surface area contributed by atoms with Gasteiger partial charge < -0.3 is 10.4 Å². The van der Waals surface area contributed by atoms with Gasteiger partial charge in [0.2, 0.25) is 0 Å². The van der Waals surface area contributed by atoms with Gasteiger partial charge in [-0.25, -0.2) is 0 Å². The van der Waals surface area contributed by atoms with Crippen molar-refractivity contribution in [3.8, 4) is 0 Å². The first-order valence-electron chi connectivity index (χ1n) is 6.12. The highest BCUT2D eigenvalue weighted by Crippen LogP contribution is 2.11. The Morgan fingerprint density at radius 1 is 1.14 bits per heavy atom. The van der Waals surface area contributed by atoms with E-state index in [1.54, 1.807) is 0 Å². The Balaban J connectivity index is 3.59. The van der Waals surface area contributed by atoms with E-state index >= 15 is 0 Å². The van der Waals surface area contributed by atoms with Crippen LogP contribution >= 0.6 is 0 Å². The normalized spacial score (nSPS) is 15.4. The zero-order valence-corrected chi connectivity index (χ0v) is 10.1. The van der Waals surface area contributed by atoms with Crippen molar-refractivity contribution < 1.29 is 5.11 Å². The second-order valence-corrected chi connectivity index (χ2v) is 4.11. The van der Waals surface area contributed by atoms with Crippen molar-refractivity contribution >= 4 is 0 Å². The molecule has 86 valence electrons. The number of aliphatic hydroxyl groups excluding tert-OH is 1. The van der Waals surface area contributed by atoms with Gasteiger partial charge >= 0.3 is 0 Å². The second kappa shape index (κ2) is 9.47. The van der Waals surface area contributed by atoms with Gasteiger partial charge in [-0.05, 0) is 25.3 Å². The summed E-state index contributed by atoms with van der Waals surface area (Å²) in [6.07, 6.45) is 6.20. The summed E-state index contributed by atoms with van der Waals surface area (Å²) in [7, 11) is 0. The van der Waals surface area contributed by atoms with E-state index in [4.69, 9.17) is 5.11 Å². The second-order valence-electron chi connectivity index (χ2n) is 4.11. The van der Waals surface area contributed by atoms with Gasteiger partial charge in [0.05, 0.1) is 6.61 Å². The third-order valence-electron chi connectivity index (χ3n) is 2.95. The van der Waals surface area contributed by atoms with Crippen LogP contribution in [0, 0.1) is 5.92 Å². The van der Waals surface area contributed by atoms with Gasteiger partial charge in [0.1, 0.15) is 0 Å². The highest BCUT2D eigenvalue weighted by molar-refractivity contribution is 4.67. The van der Waals surface area contributed by atoms with Crippen molar-refractivity contribution in [2.45, 2.75) is 58.9 Å². The zero-order valence-electron chi connectivity index (χ0n) is 10.1. The van der Waals surface area contributed by atoms with Gasteiger partial charge in [-0.1, -0.05) is 40.0 Å². The predicted octanol–water partition coefficient (Wildman–Crippen LogP) is 2.56. The molecule has 0 aliphatic carbocycles. The van der Waals surface area contributed by atoms with E-state index in [2.05, 4.69) is 26.1 Å². The van der Waals surface area contributed by atoms with Crippen molar-refractivity contribution in [2.75, 3.05) is 13.2 Å². The van der Waals surface area contributed by atoms with E-state index in [9.17, 15) is 0 Å². The maximum Gasteiger partial charge on any atom is 0.0584 e. The third kappa shape index (κ3) is 6.39. The lowest BCUT2D eigenvalue weighted by molar-refractivity contribution is 0.231. The molecule has 2 heteroatoms. The summed E-state index contributed by atoms with van der Waals surface area (Å²) in [4.78, 5) is 0. The van der Waals surface area contributed by atoms with Crippen LogP contribution < -0.4 is 5.32 Å². The van der Waals surface area contributed by atoms with Crippen molar-refractivity contribution in [3.63, 3.8) is 0 Å². The molecule has 0 saturated carbocycles. The van der Waals surface area contributed by atoms with Crippen molar-refractivity contribution in [2.24, 2.45) is 5.92 Å². The van der Waals surface area contributed by atoms with Crippen LogP contribution in [-0.2, 0) is 0 Å². The molecule has 2 unspecified atom stereocenters. The Kier molecular flexibility index (Phi) is 9.42. The van der Waals surface area contributed by atoms with Crippen molar-refractivity contribution in [3.05, 3.63) is 0 Å². The summed E-state index contributed by atoms with van der Waals surface area (Å²) in [5, 5.41) is 12.5. The molecular weight excluding hydrogens is 174 g/mol. The van der Waals surface area contributed by atoms with Gasteiger partial charge in [0, 0.05) is 6.04 Å². The molecule has 0 bridgehead atoms. The largest absolute Gasteiger partial charge is 0.395 e. The quantitative estimate of drug-likeness (QED) is 0.601. The Morgan fingerprint density at radius 3 is 2.29 bits per heavy atom. The lowest BCUT2D eigenvalue weighted by atomic mass is 9.99. The molecule has 2 atom stereocenters. The summed E-state index contributed by atoms with van der Waals surface area (Å²) < 4.78 is 0. The van der Waals surface area contributed by atoms with E-state index in [1.807, 2.05) is 0 Å². The number of nitrogens with one attached hydrogen (secondary N) is 1. The van der Waals surface area contributed by atoms with Crippen LogP contribution in [0.3, 0.4) is 0 Å². The predicted molar refractivity (Wildman–Crippen MR) is 62.5 cm³/mol. The van der Waals surface area contributed by atoms with Crippen LogP contribution in [0.1, 0.15) is 52.9 Å². The average Bonchev–Trinajstić information content (AvgIpc) is 2.23. The van der Waals surface area contributed by atoms with Crippen LogP contribution in [0.2, 0.25) is 0 Å². The molecule has 14 heavy (non-hydrogen) atoms. The highest BCUT2D eigenvalue weighted by Gasteiger charge is 2.08. The molecule has 0 heterocycles. The summed E-state index contributed by atoms with van der Waals surface area (Å²) in [6.45, 7) is 7.93. The third-order valence-corrected chi connectivity index (χ3v) is 2.95. The smallest absolute Gasteiger partial charge is 0.0584 e. The molecule has 0 amide bonds. The molecule has 0 spiro atoms. The molecule has 0 aliphatic heterocycles. The standard InChI is InChI=1S/C12H27NO/c1-4-7-8-11(5-2)9-13-12(6-3)10-14/h11-14H,4-10H2,1-3H3. The van der Waals surface area contributed by atoms with E-state index in [-0.39, 0.29) is 6.61 Å². The first kappa shape index (κ1) is 13.9. The van der Waals surface area contributed by atoms with E-state index in [0.717, 1.165) is 18.9 Å². The van der Waals surface area contributed by atoms with Crippen molar-refractivity contribution in [1.29, 1.82) is 0 Å². The SMILES string of the molecule is CCCCC(CC)CNC(CC)CO. The number of rotatable bonds is 9. The molecule has 0 fully saturated rings. The van der Waals surface area contributed by atoms with Crippen LogP contribution in [0.25, 0.3) is 0 Å². The number of aliphatic hydroxyl groups is 1. The van der Waals surface area contributed by atoms with Gasteiger partial charge in [-0.15, -0.1) is 0 Å². The van der Waals surface area contributed by atoms with E-state index < -0.39 is 0 Å². The molecule has 2 N–H and O–H groups in total. The molecule has 2 nitrogen and oxygen atoms in total. The van der Waals surface area contributed by atoms with Crippen LogP contribution in [0.4, 0.5) is 0 Å². The van der Waals surface area contributed by atoms with Crippen LogP contribution in [0.5, 0.6) is 0 Å². The molecule has 0 rings (SSSR count). The molecule has 0 saturated heterocycles. The topological polar surface area (TPSA) is 32.3 Å². The van der Waals surface area contributed by atoms with Crippen LogP contribution in [0.15, 0.2) is 0 Å². The van der Waals surface area contributed by atoms with E-state index in [0.29, 0.717) is 6.04 Å². The molecular formula is C12H27NO. The van der Waals surface area contributed by atoms with E-state index in [1.165, 1.54) is 25.7 Å². The fourth-order valence-electron chi connectivity index (χ4n) is 1.61. The lowest BCUT2D eigenvalue weighted by Gasteiger charge is -2.19. The van der Waals surface area contributed by atoms with Crippen LogP contribution in [-0.4, -0.2) is 24.3 Å². The minimum Gasteiger partial charge on any atom is -0.395 e. The first-order chi connectivity index (χ1) is 6.78. The summed E-state index contributed by atoms with van der Waals surface area (Å²) >= 11 is 0. The monoisotopic (exact) mass is 201 g/mol. The van der Waals surface area contributed by atoms with Crippen molar-refractivity contribution in [1.82, 2.24) is 5.32 Å². The molecule has 0 aromatic carbocycles. The van der Waals surface area contributed by atoms with Gasteiger partial charge in [0.15, 0.2) is 0 Å².